The van der Waals surface area contributed by atoms with Crippen molar-refractivity contribution in [2.24, 2.45) is 0 Å². The van der Waals surface area contributed by atoms with Gasteiger partial charge in [-0.3, -0.25) is 4.79 Å². The number of nitrogens with two attached hydrogens (primary N) is 1. The Morgan fingerprint density at radius 1 is 1.56 bits per heavy atom. The molecular weight excluding hydrogens is 272 g/mol. The van der Waals surface area contributed by atoms with Gasteiger partial charge in [-0.05, 0) is 35.2 Å². The maximum atomic E-state index is 11.4. The van der Waals surface area contributed by atoms with Crippen LogP contribution in [0.2, 0.25) is 0 Å². The van der Waals surface area contributed by atoms with Gasteiger partial charge in [0.25, 0.3) is 0 Å². The summed E-state index contributed by atoms with van der Waals surface area (Å²) in [5.74, 6) is 0. The quantitative estimate of drug-likeness (QED) is 0.921. The summed E-state index contributed by atoms with van der Waals surface area (Å²) in [7, 11) is 0. The van der Waals surface area contributed by atoms with E-state index in [0.717, 1.165) is 32.4 Å². The molecule has 0 radical (unpaired) electrons. The van der Waals surface area contributed by atoms with Crippen LogP contribution in [0.4, 0.5) is 5.69 Å². The Morgan fingerprint density at radius 3 is 3.00 bits per heavy atom. The Balaban J connectivity index is 2.01. The molecule has 0 bridgehead atoms. The zero-order valence-corrected chi connectivity index (χ0v) is 10.6. The van der Waals surface area contributed by atoms with Gasteiger partial charge in [-0.25, -0.2) is 0 Å². The van der Waals surface area contributed by atoms with E-state index in [1.165, 1.54) is 0 Å². The molecule has 1 saturated heterocycles. The van der Waals surface area contributed by atoms with E-state index < -0.39 is 0 Å². The van der Waals surface area contributed by atoms with E-state index in [1.807, 2.05) is 4.57 Å². The van der Waals surface area contributed by atoms with Crippen LogP contribution in [0.1, 0.15) is 19.3 Å². The van der Waals surface area contributed by atoms with Crippen molar-refractivity contribution < 1.29 is 4.74 Å². The lowest BCUT2D eigenvalue weighted by Crippen LogP contribution is -2.15. The summed E-state index contributed by atoms with van der Waals surface area (Å²) in [5, 5.41) is 0. The van der Waals surface area contributed by atoms with Crippen LogP contribution >= 0.6 is 15.9 Å². The number of pyridine rings is 1. The van der Waals surface area contributed by atoms with E-state index in [-0.39, 0.29) is 11.1 Å². The standard InChI is InChI=1S/C11H15BrN2O2/c12-9-6-14(7-10(13)11(9)15)4-3-8-2-1-5-16-8/h6-8H,1-5,13H2. The SMILES string of the molecule is Nc1cn(CCC2CCCO2)cc(Br)c1=O. The second-order valence-electron chi connectivity index (χ2n) is 4.05. The van der Waals surface area contributed by atoms with Crippen molar-refractivity contribution in [3.63, 3.8) is 0 Å². The highest BCUT2D eigenvalue weighted by molar-refractivity contribution is 9.10. The summed E-state index contributed by atoms with van der Waals surface area (Å²) >= 11 is 3.21. The number of hydrogen-bond acceptors (Lipinski definition) is 3. The Kier molecular flexibility index (Phi) is 3.66. The van der Waals surface area contributed by atoms with Crippen LogP contribution in [0.3, 0.4) is 0 Å². The van der Waals surface area contributed by atoms with Crippen LogP contribution in [-0.2, 0) is 11.3 Å². The summed E-state index contributed by atoms with van der Waals surface area (Å²) in [6, 6.07) is 0. The van der Waals surface area contributed by atoms with Gasteiger partial charge in [0.1, 0.15) is 0 Å². The van der Waals surface area contributed by atoms with Crippen LogP contribution in [0.15, 0.2) is 21.7 Å². The zero-order chi connectivity index (χ0) is 11.5. The number of halogens is 1. The molecule has 16 heavy (non-hydrogen) atoms. The maximum Gasteiger partial charge on any atom is 0.218 e. The van der Waals surface area contributed by atoms with Gasteiger partial charge in [0, 0.05) is 25.5 Å². The molecule has 88 valence electrons. The largest absolute Gasteiger partial charge is 0.394 e. The van der Waals surface area contributed by atoms with Crippen LogP contribution in [-0.4, -0.2) is 17.3 Å². The topological polar surface area (TPSA) is 57.2 Å². The third-order valence-corrected chi connectivity index (χ3v) is 3.36. The predicted octanol–water partition coefficient (Wildman–Crippen LogP) is 1.76. The molecule has 1 aromatic heterocycles. The highest BCUT2D eigenvalue weighted by atomic mass is 79.9. The van der Waals surface area contributed by atoms with E-state index in [2.05, 4.69) is 15.9 Å². The number of nitrogens with zero attached hydrogens (tertiary/aromatic N) is 1. The fourth-order valence-electron chi connectivity index (χ4n) is 1.91. The molecule has 1 atom stereocenters. The zero-order valence-electron chi connectivity index (χ0n) is 8.99. The second kappa shape index (κ2) is 5.01. The summed E-state index contributed by atoms with van der Waals surface area (Å²) in [5.41, 5.74) is 5.74. The summed E-state index contributed by atoms with van der Waals surface area (Å²) in [4.78, 5) is 11.4. The molecule has 2 N–H and O–H groups in total. The van der Waals surface area contributed by atoms with Crippen LogP contribution in [0.25, 0.3) is 0 Å². The average molecular weight is 287 g/mol. The molecule has 4 nitrogen and oxygen atoms in total. The smallest absolute Gasteiger partial charge is 0.218 e. The highest BCUT2D eigenvalue weighted by Gasteiger charge is 2.15. The third kappa shape index (κ3) is 2.65. The lowest BCUT2D eigenvalue weighted by Gasteiger charge is -2.12. The minimum Gasteiger partial charge on any atom is -0.394 e. The summed E-state index contributed by atoms with van der Waals surface area (Å²) < 4.78 is 7.99. The van der Waals surface area contributed by atoms with E-state index in [0.29, 0.717) is 10.6 Å². The number of nitrogen functional groups attached to an aromatic ring is 1. The first-order valence-corrected chi connectivity index (χ1v) is 6.23. The first kappa shape index (κ1) is 11.7. The van der Waals surface area contributed by atoms with E-state index in [1.54, 1.807) is 12.4 Å². The van der Waals surface area contributed by atoms with Crippen LogP contribution in [0, 0.1) is 0 Å². The molecule has 1 aliphatic heterocycles. The fourth-order valence-corrected chi connectivity index (χ4v) is 2.40. The third-order valence-electron chi connectivity index (χ3n) is 2.80. The van der Waals surface area contributed by atoms with Crippen LogP contribution in [0.5, 0.6) is 0 Å². The molecule has 0 spiro atoms. The van der Waals surface area contributed by atoms with Crippen LogP contribution < -0.4 is 11.2 Å². The van der Waals surface area contributed by atoms with Gasteiger partial charge < -0.3 is 15.0 Å². The minimum atomic E-state index is -0.145. The van der Waals surface area contributed by atoms with Gasteiger partial charge in [0.05, 0.1) is 16.3 Å². The fraction of sp³-hybridized carbons (Fsp3) is 0.545. The van der Waals surface area contributed by atoms with Crippen molar-refractivity contribution in [2.45, 2.75) is 31.9 Å². The highest BCUT2D eigenvalue weighted by Crippen LogP contribution is 2.16. The van der Waals surface area contributed by atoms with Crippen molar-refractivity contribution in [3.05, 3.63) is 27.1 Å². The van der Waals surface area contributed by atoms with Gasteiger partial charge >= 0.3 is 0 Å². The predicted molar refractivity (Wildman–Crippen MR) is 66.4 cm³/mol. The van der Waals surface area contributed by atoms with Gasteiger partial charge in [-0.1, -0.05) is 0 Å². The number of hydrogen-bond donors (Lipinski definition) is 1. The maximum absolute atomic E-state index is 11.4. The summed E-state index contributed by atoms with van der Waals surface area (Å²) in [6.45, 7) is 1.70. The van der Waals surface area contributed by atoms with Crippen molar-refractivity contribution in [1.82, 2.24) is 4.57 Å². The average Bonchev–Trinajstić information content (AvgIpc) is 2.75. The molecule has 1 aromatic rings. The van der Waals surface area contributed by atoms with Gasteiger partial charge in [-0.15, -0.1) is 0 Å². The molecule has 0 aliphatic carbocycles. The van der Waals surface area contributed by atoms with Gasteiger partial charge in [0.15, 0.2) is 0 Å². The molecule has 1 fully saturated rings. The molecule has 0 amide bonds. The number of rotatable bonds is 3. The monoisotopic (exact) mass is 286 g/mol. The molecule has 2 heterocycles. The molecule has 1 unspecified atom stereocenters. The number of aryl methyl sites for hydroxylation is 1. The molecule has 5 heteroatoms. The first-order chi connectivity index (χ1) is 7.66. The lowest BCUT2D eigenvalue weighted by molar-refractivity contribution is 0.100. The molecular formula is C11H15BrN2O2. The minimum absolute atomic E-state index is 0.145. The molecule has 0 aromatic carbocycles. The molecule has 0 saturated carbocycles. The normalized spacial score (nSPS) is 20.2. The lowest BCUT2D eigenvalue weighted by atomic mass is 10.2. The number of aromatic nitrogens is 1. The van der Waals surface area contributed by atoms with E-state index in [4.69, 9.17) is 10.5 Å². The van der Waals surface area contributed by atoms with Crippen molar-refractivity contribution in [3.8, 4) is 0 Å². The Bertz CT molecular complexity index is 398. The van der Waals surface area contributed by atoms with E-state index in [9.17, 15) is 4.79 Å². The first-order valence-electron chi connectivity index (χ1n) is 5.43. The number of anilines is 1. The second-order valence-corrected chi connectivity index (χ2v) is 4.91. The van der Waals surface area contributed by atoms with Gasteiger partial charge in [-0.2, -0.15) is 0 Å². The van der Waals surface area contributed by atoms with Crippen molar-refractivity contribution in [1.29, 1.82) is 0 Å². The molecule has 1 aliphatic rings. The van der Waals surface area contributed by atoms with E-state index >= 15 is 0 Å². The van der Waals surface area contributed by atoms with Gasteiger partial charge in [0.2, 0.25) is 5.43 Å². The Hall–Kier alpha value is -0.810. The molecule has 2 rings (SSSR count). The number of ether oxygens (including phenoxy) is 1. The Morgan fingerprint density at radius 2 is 2.38 bits per heavy atom. The van der Waals surface area contributed by atoms with Crippen molar-refractivity contribution in [2.75, 3.05) is 12.3 Å². The van der Waals surface area contributed by atoms with Crippen molar-refractivity contribution >= 4 is 21.6 Å². The Labute approximate surface area is 103 Å². The summed E-state index contributed by atoms with van der Waals surface area (Å²) in [6.07, 6.45) is 7.07.